The van der Waals surface area contributed by atoms with E-state index in [4.69, 9.17) is 10.5 Å². The van der Waals surface area contributed by atoms with Crippen LogP contribution in [0.4, 0.5) is 18.9 Å². The van der Waals surface area contributed by atoms with E-state index in [-0.39, 0.29) is 19.0 Å². The molecule has 39 heavy (non-hydrogen) atoms. The Balaban J connectivity index is 1.18. The Bertz CT molecular complexity index is 1290. The van der Waals surface area contributed by atoms with E-state index >= 15 is 0 Å². The first-order valence-corrected chi connectivity index (χ1v) is 13.1. The summed E-state index contributed by atoms with van der Waals surface area (Å²) in [5.41, 5.74) is 8.99. The Morgan fingerprint density at radius 3 is 2.41 bits per heavy atom. The summed E-state index contributed by atoms with van der Waals surface area (Å²) in [6, 6.07) is 12.5. The van der Waals surface area contributed by atoms with E-state index in [1.54, 1.807) is 36.7 Å². The molecular formula is C29H32F3N5O2. The molecule has 0 unspecified atom stereocenters. The molecule has 1 aromatic heterocycles. The van der Waals surface area contributed by atoms with Crippen LogP contribution in [0.25, 0.3) is 11.1 Å². The fourth-order valence-electron chi connectivity index (χ4n) is 4.95. The number of carbonyl (C=O) groups is 1. The zero-order chi connectivity index (χ0) is 27.4. The smallest absolute Gasteiger partial charge is 0.381 e. The second-order valence-corrected chi connectivity index (χ2v) is 10.1. The maximum Gasteiger partial charge on any atom is 0.416 e. The molecule has 2 saturated heterocycles. The predicted molar refractivity (Wildman–Crippen MR) is 143 cm³/mol. The molecule has 0 radical (unpaired) electrons. The highest BCUT2D eigenvalue weighted by molar-refractivity contribution is 5.94. The molecule has 2 fully saturated rings. The van der Waals surface area contributed by atoms with Gasteiger partial charge in [-0.1, -0.05) is 30.3 Å². The monoisotopic (exact) mass is 539 g/mol. The molecule has 0 aliphatic carbocycles. The number of aromatic nitrogens is 1. The SMILES string of the molecule is NCc1ccc(C(F)(F)F)cc1-c1ccc(CNC(=O)c2cncc(N3CCN(CC4COC4)CC3)c2)cc1. The minimum atomic E-state index is -4.43. The minimum absolute atomic E-state index is 0.129. The highest BCUT2D eigenvalue weighted by atomic mass is 19.4. The van der Waals surface area contributed by atoms with Crippen LogP contribution in [0.5, 0.6) is 0 Å². The molecule has 0 atom stereocenters. The van der Waals surface area contributed by atoms with E-state index in [2.05, 4.69) is 20.1 Å². The van der Waals surface area contributed by atoms with Crippen molar-refractivity contribution < 1.29 is 22.7 Å². The maximum atomic E-state index is 13.2. The van der Waals surface area contributed by atoms with Crippen molar-refractivity contribution >= 4 is 11.6 Å². The molecule has 1 amide bonds. The van der Waals surface area contributed by atoms with E-state index < -0.39 is 11.7 Å². The topological polar surface area (TPSA) is 83.7 Å². The van der Waals surface area contributed by atoms with Gasteiger partial charge in [-0.3, -0.25) is 14.7 Å². The molecule has 206 valence electrons. The molecule has 3 heterocycles. The van der Waals surface area contributed by atoms with Crippen LogP contribution in [0.15, 0.2) is 60.9 Å². The number of rotatable bonds is 8. The summed E-state index contributed by atoms with van der Waals surface area (Å²) >= 11 is 0. The third-order valence-electron chi connectivity index (χ3n) is 7.32. The molecule has 3 N–H and O–H groups in total. The van der Waals surface area contributed by atoms with Gasteiger partial charge in [0.25, 0.3) is 5.91 Å². The Kier molecular flexibility index (Phi) is 8.15. The van der Waals surface area contributed by atoms with Crippen molar-refractivity contribution in [2.45, 2.75) is 19.3 Å². The van der Waals surface area contributed by atoms with Crippen molar-refractivity contribution in [3.8, 4) is 11.1 Å². The molecule has 2 aliphatic heterocycles. The standard InChI is InChI=1S/C29H32F3N5O2/c30-29(31,32)25-6-5-23(13-33)27(12-25)22-3-1-20(2-4-22)14-35-28(38)24-11-26(16-34-15-24)37-9-7-36(8-10-37)17-21-18-39-19-21/h1-6,11-12,15-16,21H,7-10,13-14,17-19,33H2,(H,35,38). The largest absolute Gasteiger partial charge is 0.416 e. The van der Waals surface area contributed by atoms with Crippen molar-refractivity contribution in [3.05, 3.63) is 83.2 Å². The Morgan fingerprint density at radius 1 is 1.03 bits per heavy atom. The number of pyridine rings is 1. The van der Waals surface area contributed by atoms with E-state index in [9.17, 15) is 18.0 Å². The molecular weight excluding hydrogens is 507 g/mol. The van der Waals surface area contributed by atoms with E-state index in [0.29, 0.717) is 28.2 Å². The minimum Gasteiger partial charge on any atom is -0.381 e. The number of alkyl halides is 3. The van der Waals surface area contributed by atoms with Gasteiger partial charge in [-0.15, -0.1) is 0 Å². The molecule has 0 bridgehead atoms. The number of nitrogens with one attached hydrogen (secondary N) is 1. The first kappa shape index (κ1) is 27.1. The quantitative estimate of drug-likeness (QED) is 0.452. The van der Waals surface area contributed by atoms with Crippen LogP contribution in [-0.2, 0) is 24.0 Å². The summed E-state index contributed by atoms with van der Waals surface area (Å²) < 4.78 is 44.9. The summed E-state index contributed by atoms with van der Waals surface area (Å²) in [4.78, 5) is 21.9. The average Bonchev–Trinajstić information content (AvgIpc) is 2.93. The zero-order valence-corrected chi connectivity index (χ0v) is 21.6. The molecule has 2 aromatic carbocycles. The Labute approximate surface area is 225 Å². The Morgan fingerprint density at radius 2 is 1.77 bits per heavy atom. The zero-order valence-electron chi connectivity index (χ0n) is 21.6. The average molecular weight is 540 g/mol. The number of amides is 1. The van der Waals surface area contributed by atoms with Crippen LogP contribution in [-0.4, -0.2) is 61.7 Å². The van der Waals surface area contributed by atoms with Crippen LogP contribution in [0, 0.1) is 5.92 Å². The molecule has 7 nitrogen and oxygen atoms in total. The number of anilines is 1. The number of nitrogens with two attached hydrogens (primary N) is 1. The number of halogens is 3. The normalized spacial score (nSPS) is 16.7. The lowest BCUT2D eigenvalue weighted by molar-refractivity contribution is -0.137. The van der Waals surface area contributed by atoms with Crippen LogP contribution < -0.4 is 16.0 Å². The van der Waals surface area contributed by atoms with E-state index in [1.165, 1.54) is 6.07 Å². The van der Waals surface area contributed by atoms with Crippen LogP contribution in [0.2, 0.25) is 0 Å². The van der Waals surface area contributed by atoms with Gasteiger partial charge in [0.15, 0.2) is 0 Å². The Hall–Kier alpha value is -3.47. The number of hydrogen-bond donors (Lipinski definition) is 2. The fourth-order valence-corrected chi connectivity index (χ4v) is 4.95. The van der Waals surface area contributed by atoms with Gasteiger partial charge in [-0.25, -0.2) is 0 Å². The first-order chi connectivity index (χ1) is 18.8. The van der Waals surface area contributed by atoms with Crippen molar-refractivity contribution in [3.63, 3.8) is 0 Å². The molecule has 0 spiro atoms. The summed E-state index contributed by atoms with van der Waals surface area (Å²) in [7, 11) is 0. The summed E-state index contributed by atoms with van der Waals surface area (Å²) in [6.45, 7) is 6.89. The van der Waals surface area contributed by atoms with Gasteiger partial charge in [-0.2, -0.15) is 13.2 Å². The van der Waals surface area contributed by atoms with Crippen LogP contribution in [0.1, 0.15) is 27.0 Å². The van der Waals surface area contributed by atoms with Gasteiger partial charge in [0.2, 0.25) is 0 Å². The van der Waals surface area contributed by atoms with Gasteiger partial charge in [-0.05, 0) is 40.5 Å². The molecule has 5 rings (SSSR count). The van der Waals surface area contributed by atoms with Crippen molar-refractivity contribution in [1.82, 2.24) is 15.2 Å². The second kappa shape index (κ2) is 11.7. The number of hydrogen-bond acceptors (Lipinski definition) is 6. The van der Waals surface area contributed by atoms with Crippen molar-refractivity contribution in [2.75, 3.05) is 50.8 Å². The van der Waals surface area contributed by atoms with Crippen molar-refractivity contribution in [2.24, 2.45) is 11.7 Å². The lowest BCUT2D eigenvalue weighted by Gasteiger charge is -2.39. The maximum absolute atomic E-state index is 13.2. The molecule has 2 aliphatic rings. The lowest BCUT2D eigenvalue weighted by atomic mass is 9.96. The van der Waals surface area contributed by atoms with E-state index in [1.807, 2.05) is 6.07 Å². The number of piperazine rings is 1. The van der Waals surface area contributed by atoms with Gasteiger partial charge in [0.1, 0.15) is 0 Å². The fraction of sp³-hybridized carbons (Fsp3) is 0.379. The number of carbonyl (C=O) groups excluding carboxylic acids is 1. The molecule has 3 aromatic rings. The lowest BCUT2D eigenvalue weighted by Crippen LogP contribution is -2.50. The summed E-state index contributed by atoms with van der Waals surface area (Å²) in [5.74, 6) is 0.408. The molecule has 10 heteroatoms. The van der Waals surface area contributed by atoms with Gasteiger partial charge >= 0.3 is 6.18 Å². The first-order valence-electron chi connectivity index (χ1n) is 13.1. The molecule has 0 saturated carbocycles. The number of ether oxygens (including phenoxy) is 1. The second-order valence-electron chi connectivity index (χ2n) is 10.1. The summed E-state index contributed by atoms with van der Waals surface area (Å²) in [5, 5.41) is 2.91. The highest BCUT2D eigenvalue weighted by Crippen LogP contribution is 2.34. The predicted octanol–water partition coefficient (Wildman–Crippen LogP) is 3.92. The highest BCUT2D eigenvalue weighted by Gasteiger charge is 2.31. The number of nitrogens with zero attached hydrogens (tertiary/aromatic N) is 3. The van der Waals surface area contributed by atoms with Crippen LogP contribution >= 0.6 is 0 Å². The summed E-state index contributed by atoms with van der Waals surface area (Å²) in [6.07, 6.45) is -1.09. The van der Waals surface area contributed by atoms with E-state index in [0.717, 1.165) is 69.3 Å². The number of benzene rings is 2. The van der Waals surface area contributed by atoms with Gasteiger partial charge < -0.3 is 20.7 Å². The van der Waals surface area contributed by atoms with Crippen molar-refractivity contribution in [1.29, 1.82) is 0 Å². The third-order valence-corrected chi connectivity index (χ3v) is 7.32. The van der Waals surface area contributed by atoms with Gasteiger partial charge in [0.05, 0.1) is 36.2 Å². The van der Waals surface area contributed by atoms with Crippen LogP contribution in [0.3, 0.4) is 0 Å². The van der Waals surface area contributed by atoms with Gasteiger partial charge in [0, 0.05) is 57.9 Å². The third kappa shape index (κ3) is 6.58.